The van der Waals surface area contributed by atoms with E-state index in [1.54, 1.807) is 0 Å². The number of carbonyl (C=O) groups is 1. The predicted octanol–water partition coefficient (Wildman–Crippen LogP) is -2.04. The number of carbonyl (C=O) groups excluding carboxylic acids is 1. The average Bonchev–Trinajstić information content (AvgIpc) is 1.85. The van der Waals surface area contributed by atoms with Gasteiger partial charge in [0.2, 0.25) is 0 Å². The quantitative estimate of drug-likeness (QED) is 0.339. The molecule has 0 saturated heterocycles. The van der Waals surface area contributed by atoms with Crippen molar-refractivity contribution in [2.45, 2.75) is 0 Å². The molecule has 4 heteroatoms. The Hall–Kier alpha value is -1.19. The molecule has 1 amide bonds. The summed E-state index contributed by atoms with van der Waals surface area (Å²) in [6.45, 7) is 3.26. The van der Waals surface area contributed by atoms with Gasteiger partial charge < -0.3 is 5.11 Å². The number of nitrogens with zero attached hydrogens (tertiary/aromatic N) is 2. The Labute approximate surface area is 45.8 Å². The van der Waals surface area contributed by atoms with E-state index in [2.05, 4.69) is 11.7 Å². The van der Waals surface area contributed by atoms with Crippen LogP contribution < -0.4 is 5.11 Å². The van der Waals surface area contributed by atoms with Gasteiger partial charge in [0.15, 0.2) is 6.54 Å². The summed E-state index contributed by atoms with van der Waals surface area (Å²) in [6.07, 6.45) is 0. The van der Waals surface area contributed by atoms with Crippen molar-refractivity contribution in [3.05, 3.63) is 0 Å². The topological polar surface area (TPSA) is 55.5 Å². The number of aliphatic imine (C=N–C) groups is 1. The van der Waals surface area contributed by atoms with Crippen molar-refractivity contribution in [1.29, 1.82) is 0 Å². The molecule has 8 heavy (non-hydrogen) atoms. The van der Waals surface area contributed by atoms with E-state index in [1.165, 1.54) is 0 Å². The Morgan fingerprint density at radius 3 is 2.62 bits per heavy atom. The molecular formula is C4H4N2O2. The molecule has 0 aliphatic carbocycles. The van der Waals surface area contributed by atoms with Crippen LogP contribution in [0.15, 0.2) is 4.99 Å². The van der Waals surface area contributed by atoms with Gasteiger partial charge in [-0.05, 0) is 4.99 Å². The van der Waals surface area contributed by atoms with Crippen LogP contribution in [-0.2, 0) is 4.79 Å². The lowest BCUT2D eigenvalue weighted by Crippen LogP contribution is -2.27. The van der Waals surface area contributed by atoms with Crippen LogP contribution in [0.3, 0.4) is 0 Å². The first-order chi connectivity index (χ1) is 3.70. The highest BCUT2D eigenvalue weighted by atomic mass is 16.3. The highest BCUT2D eigenvalue weighted by Crippen LogP contribution is 1.87. The first-order valence-corrected chi connectivity index (χ1v) is 2.07. The number of rotatable bonds is 0. The summed E-state index contributed by atoms with van der Waals surface area (Å²) >= 11 is 0. The fraction of sp³-hybridized carbons (Fsp3) is 0.250. The fourth-order valence-electron chi connectivity index (χ4n) is 0.444. The molecule has 0 atom stereocenters. The zero-order valence-corrected chi connectivity index (χ0v) is 4.13. The second-order valence-electron chi connectivity index (χ2n) is 1.49. The van der Waals surface area contributed by atoms with Crippen molar-refractivity contribution < 1.29 is 14.5 Å². The van der Waals surface area contributed by atoms with Crippen LogP contribution in [0.1, 0.15) is 0 Å². The van der Waals surface area contributed by atoms with Crippen LogP contribution in [0.2, 0.25) is 0 Å². The maximum absolute atomic E-state index is 10.3. The van der Waals surface area contributed by atoms with E-state index in [9.17, 15) is 9.90 Å². The normalized spacial score (nSPS) is 19.2. The van der Waals surface area contributed by atoms with Crippen molar-refractivity contribution >= 4 is 18.6 Å². The summed E-state index contributed by atoms with van der Waals surface area (Å²) in [5.41, 5.74) is 0. The molecule has 1 aliphatic rings. The highest BCUT2D eigenvalue weighted by Gasteiger charge is 2.20. The Kier molecular flexibility index (Phi) is 0.865. The fourth-order valence-corrected chi connectivity index (χ4v) is 0.444. The minimum absolute atomic E-state index is 0.0266. The zero-order valence-electron chi connectivity index (χ0n) is 4.13. The first-order valence-electron chi connectivity index (χ1n) is 2.07. The van der Waals surface area contributed by atoms with E-state index >= 15 is 0 Å². The minimum Gasteiger partial charge on any atom is -0.807 e. The van der Waals surface area contributed by atoms with Crippen molar-refractivity contribution in [2.24, 2.45) is 4.99 Å². The summed E-state index contributed by atoms with van der Waals surface area (Å²) in [5, 5.41) is 10.3. The van der Waals surface area contributed by atoms with E-state index in [4.69, 9.17) is 0 Å². The lowest BCUT2D eigenvalue weighted by Gasteiger charge is -1.93. The molecule has 0 unspecified atom stereocenters. The summed E-state index contributed by atoms with van der Waals surface area (Å²) in [6, 6.07) is -0.546. The molecule has 0 fully saturated rings. The third-order valence-corrected chi connectivity index (χ3v) is 0.817. The molecule has 1 rings (SSSR count). The van der Waals surface area contributed by atoms with Gasteiger partial charge in [0, 0.05) is 0 Å². The van der Waals surface area contributed by atoms with Crippen LogP contribution in [-0.4, -0.2) is 29.8 Å². The zero-order chi connectivity index (χ0) is 6.15. The Morgan fingerprint density at radius 1 is 1.88 bits per heavy atom. The lowest BCUT2D eigenvalue weighted by molar-refractivity contribution is -0.470. The molecule has 0 saturated carbocycles. The number of hydrogen-bond donors (Lipinski definition) is 0. The first kappa shape index (κ1) is 4.96. The van der Waals surface area contributed by atoms with Crippen molar-refractivity contribution in [2.75, 3.05) is 6.54 Å². The number of hydrogen-bond acceptors (Lipinski definition) is 2. The van der Waals surface area contributed by atoms with Crippen molar-refractivity contribution in [1.82, 2.24) is 0 Å². The summed E-state index contributed by atoms with van der Waals surface area (Å²) in [5.74, 6) is -0.412. The Bertz CT molecular complexity index is 182. The van der Waals surface area contributed by atoms with Crippen LogP contribution >= 0.6 is 0 Å². The molecule has 0 N–H and O–H groups in total. The molecule has 0 aromatic carbocycles. The van der Waals surface area contributed by atoms with E-state index in [0.717, 1.165) is 4.58 Å². The van der Waals surface area contributed by atoms with Gasteiger partial charge in [0.05, 0.1) is 6.72 Å². The van der Waals surface area contributed by atoms with Crippen molar-refractivity contribution in [3.63, 3.8) is 0 Å². The van der Waals surface area contributed by atoms with Crippen LogP contribution in [0, 0.1) is 0 Å². The monoisotopic (exact) mass is 112 g/mol. The van der Waals surface area contributed by atoms with Gasteiger partial charge in [0.25, 0.3) is 6.02 Å². The molecule has 0 bridgehead atoms. The molecule has 0 aromatic rings. The molecule has 42 valence electrons. The number of amides is 1. The molecule has 0 spiro atoms. The Balaban J connectivity index is 2.88. The third-order valence-electron chi connectivity index (χ3n) is 0.817. The van der Waals surface area contributed by atoms with Gasteiger partial charge in [-0.25, -0.2) is 9.37 Å². The van der Waals surface area contributed by atoms with Crippen LogP contribution in [0.5, 0.6) is 0 Å². The van der Waals surface area contributed by atoms with Gasteiger partial charge in [-0.15, -0.1) is 0 Å². The highest BCUT2D eigenvalue weighted by molar-refractivity contribution is 5.91. The third kappa shape index (κ3) is 0.598. The van der Waals surface area contributed by atoms with Gasteiger partial charge in [-0.1, -0.05) is 0 Å². The average molecular weight is 112 g/mol. The van der Waals surface area contributed by atoms with Gasteiger partial charge in [-0.2, -0.15) is 0 Å². The van der Waals surface area contributed by atoms with E-state index in [-0.39, 0.29) is 6.54 Å². The van der Waals surface area contributed by atoms with Crippen LogP contribution in [0.25, 0.3) is 0 Å². The molecule has 4 nitrogen and oxygen atoms in total. The molecule has 0 radical (unpaired) electrons. The van der Waals surface area contributed by atoms with Crippen molar-refractivity contribution in [3.8, 4) is 0 Å². The standard InChI is InChI=1S/C4H4N2O2/c1-6-2-3(7)5-4(6)8/h1-2H2. The largest absolute Gasteiger partial charge is 0.807 e. The molecule has 0 aromatic heterocycles. The summed E-state index contributed by atoms with van der Waals surface area (Å²) in [7, 11) is 0. The van der Waals surface area contributed by atoms with Gasteiger partial charge in [0.1, 0.15) is 0 Å². The second kappa shape index (κ2) is 1.40. The summed E-state index contributed by atoms with van der Waals surface area (Å²) < 4.78 is 1.02. The maximum Gasteiger partial charge on any atom is 0.391 e. The number of amidine groups is 1. The van der Waals surface area contributed by atoms with E-state index < -0.39 is 11.9 Å². The smallest absolute Gasteiger partial charge is 0.391 e. The van der Waals surface area contributed by atoms with E-state index in [1.807, 2.05) is 0 Å². The maximum atomic E-state index is 10.3. The second-order valence-corrected chi connectivity index (χ2v) is 1.49. The van der Waals surface area contributed by atoms with Gasteiger partial charge in [-0.3, -0.25) is 0 Å². The summed E-state index contributed by atoms with van der Waals surface area (Å²) in [4.78, 5) is 13.3. The Morgan fingerprint density at radius 2 is 2.50 bits per heavy atom. The SMILES string of the molecule is C=[N+]1CC(=O)N=C1[O-]. The van der Waals surface area contributed by atoms with E-state index in [0.29, 0.717) is 0 Å². The van der Waals surface area contributed by atoms with Gasteiger partial charge >= 0.3 is 5.91 Å². The molecule has 1 aliphatic heterocycles. The predicted molar refractivity (Wildman–Crippen MR) is 24.7 cm³/mol. The van der Waals surface area contributed by atoms with Crippen LogP contribution in [0.4, 0.5) is 0 Å². The molecule has 1 heterocycles. The lowest BCUT2D eigenvalue weighted by atomic mass is 10.6. The minimum atomic E-state index is -0.546. The molecular weight excluding hydrogens is 108 g/mol.